The van der Waals surface area contributed by atoms with Gasteiger partial charge < -0.3 is 9.13 Å². The molecule has 0 aliphatic carbocycles. The molecular weight excluding hydrogens is 627 g/mol. The molecule has 0 spiro atoms. The summed E-state index contributed by atoms with van der Waals surface area (Å²) >= 11 is -0.826. The number of fused-ring (bicyclic) bond motifs is 2. The topological polar surface area (TPSA) is 9.86 Å². The van der Waals surface area contributed by atoms with Crippen LogP contribution in [-0.4, -0.2) is 18.7 Å². The molecule has 40 heavy (non-hydrogen) atoms. The van der Waals surface area contributed by atoms with Crippen LogP contribution in [0.3, 0.4) is 0 Å². The number of hydrogen-bond donors (Lipinski definition) is 0. The third kappa shape index (κ3) is 8.01. The third-order valence-electron chi connectivity index (χ3n) is 6.88. The van der Waals surface area contributed by atoms with Gasteiger partial charge in [-0.25, -0.2) is 0 Å². The van der Waals surface area contributed by atoms with Gasteiger partial charge in [0.15, 0.2) is 0 Å². The van der Waals surface area contributed by atoms with E-state index in [1.165, 1.54) is 55.2 Å². The average Bonchev–Trinajstić information content (AvgIpc) is 3.75. The van der Waals surface area contributed by atoms with Gasteiger partial charge >= 0.3 is 37.9 Å². The molecule has 0 amide bonds. The van der Waals surface area contributed by atoms with Gasteiger partial charge in [0.25, 0.3) is 0 Å². The molecule has 0 fully saturated rings. The van der Waals surface area contributed by atoms with Crippen LogP contribution in [0.15, 0.2) is 97.3 Å². The quantitative estimate of drug-likeness (QED) is 0.131. The summed E-state index contributed by atoms with van der Waals surface area (Å²) in [5.74, 6) is 0. The first-order valence-corrected chi connectivity index (χ1v) is 21.9. The van der Waals surface area contributed by atoms with Gasteiger partial charge in [0, 0.05) is 47.4 Å². The second kappa shape index (κ2) is 16.4. The summed E-state index contributed by atoms with van der Waals surface area (Å²) < 4.78 is 4.35. The van der Waals surface area contributed by atoms with Crippen LogP contribution in [0, 0.1) is 0 Å². The molecule has 2 nitrogen and oxygen atoms in total. The van der Waals surface area contributed by atoms with Crippen LogP contribution < -0.4 is 0 Å². The molecule has 6 rings (SSSR count). The van der Waals surface area contributed by atoms with E-state index in [0.29, 0.717) is 0 Å². The summed E-state index contributed by atoms with van der Waals surface area (Å²) in [6.45, 7) is 8.72. The minimum absolute atomic E-state index is 0.826. The van der Waals surface area contributed by atoms with Gasteiger partial charge in [0.1, 0.15) is 0 Å². The standard InChI is InChI=1S/2C16H16N.C2H6Si.2ClH.Zr/c2*1-3-12-10-13-6-4-7-14(15(13)11-12)16-8-5-9-17(16)2;1-3-2;;;/h2*4-11H,3H2,1-2H3;1-2H3;2*1H;/q2*-1;;;;+4/p-2. The van der Waals surface area contributed by atoms with Crippen molar-refractivity contribution in [3.05, 3.63) is 108 Å². The minimum atomic E-state index is -0.826. The van der Waals surface area contributed by atoms with Crippen molar-refractivity contribution in [3.63, 3.8) is 0 Å². The predicted molar refractivity (Wildman–Crippen MR) is 176 cm³/mol. The van der Waals surface area contributed by atoms with E-state index >= 15 is 0 Å². The van der Waals surface area contributed by atoms with Gasteiger partial charge in [-0.2, -0.15) is 12.1 Å². The van der Waals surface area contributed by atoms with Crippen LogP contribution in [0.25, 0.3) is 44.1 Å². The molecular formula is C34H38Cl2N2SiZr. The Bertz CT molecular complexity index is 1480. The van der Waals surface area contributed by atoms with E-state index < -0.39 is 20.8 Å². The number of hydrogen-bond acceptors (Lipinski definition) is 0. The van der Waals surface area contributed by atoms with Crippen LogP contribution in [0.2, 0.25) is 13.1 Å². The summed E-state index contributed by atoms with van der Waals surface area (Å²) in [7, 11) is 15.1. The van der Waals surface area contributed by atoms with E-state index in [2.05, 4.69) is 147 Å². The summed E-state index contributed by atoms with van der Waals surface area (Å²) in [6, 6.07) is 30.8. The normalized spacial score (nSPS) is 10.2. The number of rotatable bonds is 4. The van der Waals surface area contributed by atoms with E-state index in [1.807, 2.05) is 0 Å². The zero-order valence-corrected chi connectivity index (χ0v) is 29.3. The second-order valence-corrected chi connectivity index (χ2v) is 14.4. The zero-order chi connectivity index (χ0) is 29.1. The van der Waals surface area contributed by atoms with E-state index in [1.54, 1.807) is 0 Å². The number of benzene rings is 2. The molecule has 0 bridgehead atoms. The Balaban J connectivity index is 0.000000185. The number of nitrogens with zero attached hydrogens (tertiary/aromatic N) is 2. The Hall–Kier alpha value is -2.10. The molecule has 0 N–H and O–H groups in total. The Labute approximate surface area is 261 Å². The van der Waals surface area contributed by atoms with Crippen LogP contribution in [0.4, 0.5) is 0 Å². The fourth-order valence-electron chi connectivity index (χ4n) is 4.93. The van der Waals surface area contributed by atoms with E-state index in [9.17, 15) is 0 Å². The average molecular weight is 665 g/mol. The van der Waals surface area contributed by atoms with Gasteiger partial charge in [-0.15, -0.1) is 69.1 Å². The molecule has 2 radical (unpaired) electrons. The van der Waals surface area contributed by atoms with Gasteiger partial charge in [-0.1, -0.05) is 39.1 Å². The Morgan fingerprint density at radius 1 is 0.675 bits per heavy atom. The molecule has 0 saturated heterocycles. The van der Waals surface area contributed by atoms with E-state index in [-0.39, 0.29) is 0 Å². The second-order valence-electron chi connectivity index (χ2n) is 9.63. The van der Waals surface area contributed by atoms with Gasteiger partial charge in [0.2, 0.25) is 0 Å². The van der Waals surface area contributed by atoms with Crippen LogP contribution in [0.5, 0.6) is 0 Å². The molecule has 2 heterocycles. The zero-order valence-electron chi connectivity index (χ0n) is 24.3. The van der Waals surface area contributed by atoms with Gasteiger partial charge in [-0.3, -0.25) is 0 Å². The summed E-state index contributed by atoms with van der Waals surface area (Å²) in [6.07, 6.45) is 6.39. The molecule has 6 heteroatoms. The Kier molecular flexibility index (Phi) is 13.3. The molecule has 6 aromatic rings. The van der Waals surface area contributed by atoms with Crippen LogP contribution in [-0.2, 0) is 47.8 Å². The van der Waals surface area contributed by atoms with Crippen molar-refractivity contribution < 1.29 is 20.8 Å². The monoisotopic (exact) mass is 662 g/mol. The summed E-state index contributed by atoms with van der Waals surface area (Å²) in [5.41, 5.74) is 8.06. The Morgan fingerprint density at radius 2 is 1.05 bits per heavy atom. The fraction of sp³-hybridized carbons (Fsp3) is 0.235. The molecule has 0 aliphatic rings. The van der Waals surface area contributed by atoms with Crippen molar-refractivity contribution in [1.29, 1.82) is 0 Å². The number of aromatic nitrogens is 2. The van der Waals surface area contributed by atoms with Crippen molar-refractivity contribution in [2.24, 2.45) is 14.1 Å². The fourth-order valence-corrected chi connectivity index (χ4v) is 4.93. The summed E-state index contributed by atoms with van der Waals surface area (Å²) in [5, 5.41) is 5.43. The third-order valence-corrected chi connectivity index (χ3v) is 6.88. The molecule has 0 atom stereocenters. The first kappa shape index (κ1) is 32.4. The van der Waals surface area contributed by atoms with Crippen molar-refractivity contribution >= 4 is 48.1 Å². The maximum atomic E-state index is 4.93. The molecule has 206 valence electrons. The predicted octanol–water partition coefficient (Wildman–Crippen LogP) is 10.4. The van der Waals surface area contributed by atoms with E-state index in [4.69, 9.17) is 17.0 Å². The van der Waals surface area contributed by atoms with Crippen molar-refractivity contribution in [2.75, 3.05) is 0 Å². The van der Waals surface area contributed by atoms with Crippen LogP contribution >= 0.6 is 17.0 Å². The molecule has 0 saturated carbocycles. The molecule has 2 aromatic heterocycles. The first-order chi connectivity index (χ1) is 19.4. The van der Waals surface area contributed by atoms with E-state index in [0.717, 1.165) is 22.4 Å². The Morgan fingerprint density at radius 3 is 1.35 bits per heavy atom. The molecule has 0 aliphatic heterocycles. The maximum absolute atomic E-state index is 4.93. The first-order valence-electron chi connectivity index (χ1n) is 13.6. The van der Waals surface area contributed by atoms with Gasteiger partial charge in [-0.05, 0) is 48.2 Å². The SMILES string of the molecule is CCc1cc2c(-c3cccn3C)cccc2[cH-]1.CCc1cc2c(-c3cccn3C)cccc2[cH-]1.C[Si]C.[Cl][Zr+2][Cl]. The molecule has 4 aromatic carbocycles. The van der Waals surface area contributed by atoms with Crippen molar-refractivity contribution in [2.45, 2.75) is 39.8 Å². The summed E-state index contributed by atoms with van der Waals surface area (Å²) in [4.78, 5) is 0. The number of aryl methyl sites for hydroxylation is 4. The van der Waals surface area contributed by atoms with Gasteiger partial charge in [0.05, 0.1) is 0 Å². The van der Waals surface area contributed by atoms with Crippen LogP contribution in [0.1, 0.15) is 25.0 Å². The molecule has 0 unspecified atom stereocenters. The van der Waals surface area contributed by atoms with Crippen molar-refractivity contribution in [1.82, 2.24) is 9.13 Å². The van der Waals surface area contributed by atoms with Crippen molar-refractivity contribution in [3.8, 4) is 22.5 Å². The number of halogens is 2.